The molecular weight excluding hydrogens is 304 g/mol. The summed E-state index contributed by atoms with van der Waals surface area (Å²) in [5.41, 5.74) is 24.1. The Kier molecular flexibility index (Phi) is 7.30. The number of benzene rings is 3. The molecule has 0 aromatic heterocycles. The average molecular weight is 326 g/mol. The SMILES string of the molecule is Nc1ccc(N)cc1.Nc1ccc(O)cc1.Nc1cccc(O)c1. The molecule has 0 spiro atoms. The molecule has 24 heavy (non-hydrogen) atoms. The Morgan fingerprint density at radius 3 is 1.17 bits per heavy atom. The zero-order chi connectivity index (χ0) is 17.9. The van der Waals surface area contributed by atoms with Crippen LogP contribution < -0.4 is 22.9 Å². The predicted octanol–water partition coefficient (Wildman–Crippen LogP) is 2.80. The Morgan fingerprint density at radius 1 is 0.458 bits per heavy atom. The van der Waals surface area contributed by atoms with E-state index in [0.717, 1.165) is 11.4 Å². The summed E-state index contributed by atoms with van der Waals surface area (Å²) in [6.45, 7) is 0. The smallest absolute Gasteiger partial charge is 0.117 e. The van der Waals surface area contributed by atoms with Crippen molar-refractivity contribution in [3.8, 4) is 11.5 Å². The summed E-state index contributed by atoms with van der Waals surface area (Å²) in [5, 5.41) is 17.4. The highest BCUT2D eigenvalue weighted by molar-refractivity contribution is 5.47. The molecule has 0 aliphatic carbocycles. The van der Waals surface area contributed by atoms with Crippen molar-refractivity contribution >= 4 is 22.7 Å². The Bertz CT molecular complexity index is 626. The van der Waals surface area contributed by atoms with Crippen LogP contribution in [0.25, 0.3) is 0 Å². The van der Waals surface area contributed by atoms with Gasteiger partial charge in [-0.1, -0.05) is 6.07 Å². The Labute approximate surface area is 141 Å². The van der Waals surface area contributed by atoms with E-state index in [9.17, 15) is 0 Å². The van der Waals surface area contributed by atoms with Crippen molar-refractivity contribution in [1.29, 1.82) is 0 Å². The summed E-state index contributed by atoms with van der Waals surface area (Å²) < 4.78 is 0. The maximum absolute atomic E-state index is 8.73. The van der Waals surface area contributed by atoms with E-state index in [1.807, 2.05) is 0 Å². The quantitative estimate of drug-likeness (QED) is 0.277. The van der Waals surface area contributed by atoms with E-state index in [-0.39, 0.29) is 11.5 Å². The van der Waals surface area contributed by atoms with Crippen molar-refractivity contribution in [2.24, 2.45) is 0 Å². The molecule has 3 aromatic carbocycles. The highest BCUT2D eigenvalue weighted by atomic mass is 16.3. The van der Waals surface area contributed by atoms with Gasteiger partial charge in [-0.2, -0.15) is 0 Å². The number of rotatable bonds is 0. The first-order chi connectivity index (χ1) is 11.4. The second-order valence-corrected chi connectivity index (χ2v) is 4.85. The molecule has 0 radical (unpaired) electrons. The molecule has 3 rings (SSSR count). The molecule has 0 fully saturated rings. The fourth-order valence-corrected chi connectivity index (χ4v) is 1.50. The Morgan fingerprint density at radius 2 is 0.875 bits per heavy atom. The van der Waals surface area contributed by atoms with Gasteiger partial charge in [-0.15, -0.1) is 0 Å². The van der Waals surface area contributed by atoms with Gasteiger partial charge < -0.3 is 33.1 Å². The summed E-state index contributed by atoms with van der Waals surface area (Å²) >= 11 is 0. The van der Waals surface area contributed by atoms with E-state index in [1.54, 1.807) is 66.7 Å². The highest BCUT2D eigenvalue weighted by Gasteiger charge is 1.84. The average Bonchev–Trinajstić information content (AvgIpc) is 2.54. The molecule has 0 aliphatic rings. The lowest BCUT2D eigenvalue weighted by Crippen LogP contribution is -1.86. The Balaban J connectivity index is 0.000000180. The third-order valence-corrected chi connectivity index (χ3v) is 2.70. The van der Waals surface area contributed by atoms with Crippen LogP contribution in [0.15, 0.2) is 72.8 Å². The van der Waals surface area contributed by atoms with Crippen LogP contribution in [0.4, 0.5) is 22.7 Å². The number of nitrogens with two attached hydrogens (primary N) is 4. The molecule has 0 aliphatic heterocycles. The van der Waals surface area contributed by atoms with E-state index < -0.39 is 0 Å². The first-order valence-corrected chi connectivity index (χ1v) is 7.07. The monoisotopic (exact) mass is 326 g/mol. The third-order valence-electron chi connectivity index (χ3n) is 2.70. The van der Waals surface area contributed by atoms with Crippen LogP contribution in [0.2, 0.25) is 0 Å². The summed E-state index contributed by atoms with van der Waals surface area (Å²) in [6, 6.07) is 20.0. The van der Waals surface area contributed by atoms with Gasteiger partial charge in [-0.05, 0) is 60.7 Å². The summed E-state index contributed by atoms with van der Waals surface area (Å²) in [4.78, 5) is 0. The number of aromatic hydroxyl groups is 2. The Hall–Kier alpha value is -3.54. The van der Waals surface area contributed by atoms with E-state index in [4.69, 9.17) is 33.1 Å². The standard InChI is InChI=1S/C6H8N2.2C6H7NO/c7-5-1-2-6(8)4-3-5;7-5-1-3-6(8)4-2-5;7-5-2-1-3-6(8)4-5/h1-4H,7-8H2;2*1-4,8H,7H2. The van der Waals surface area contributed by atoms with Crippen LogP contribution in [0.5, 0.6) is 11.5 Å². The highest BCUT2D eigenvalue weighted by Crippen LogP contribution is 2.11. The first-order valence-electron chi connectivity index (χ1n) is 7.07. The molecular formula is C18H22N4O2. The molecule has 126 valence electrons. The van der Waals surface area contributed by atoms with E-state index in [1.165, 1.54) is 6.07 Å². The minimum absolute atomic E-state index is 0.213. The fourth-order valence-electron chi connectivity index (χ4n) is 1.50. The van der Waals surface area contributed by atoms with Gasteiger partial charge in [-0.25, -0.2) is 0 Å². The maximum atomic E-state index is 8.73. The van der Waals surface area contributed by atoms with Crippen LogP contribution in [0.3, 0.4) is 0 Å². The van der Waals surface area contributed by atoms with Gasteiger partial charge in [0.1, 0.15) is 11.5 Å². The van der Waals surface area contributed by atoms with Gasteiger partial charge in [0.05, 0.1) is 0 Å². The van der Waals surface area contributed by atoms with E-state index >= 15 is 0 Å². The molecule has 0 unspecified atom stereocenters. The van der Waals surface area contributed by atoms with Gasteiger partial charge in [-0.3, -0.25) is 0 Å². The largest absolute Gasteiger partial charge is 0.508 e. The van der Waals surface area contributed by atoms with Gasteiger partial charge in [0, 0.05) is 28.8 Å². The van der Waals surface area contributed by atoms with Crippen LogP contribution in [-0.2, 0) is 0 Å². The number of hydrogen-bond acceptors (Lipinski definition) is 6. The van der Waals surface area contributed by atoms with Crippen molar-refractivity contribution in [3.63, 3.8) is 0 Å². The fraction of sp³-hybridized carbons (Fsp3) is 0. The lowest BCUT2D eigenvalue weighted by Gasteiger charge is -1.90. The van der Waals surface area contributed by atoms with Crippen molar-refractivity contribution in [2.45, 2.75) is 0 Å². The summed E-state index contributed by atoms with van der Waals surface area (Å²) in [6.07, 6.45) is 0. The molecule has 3 aromatic rings. The molecule has 6 nitrogen and oxygen atoms in total. The number of phenols is 2. The predicted molar refractivity (Wildman–Crippen MR) is 100 cm³/mol. The van der Waals surface area contributed by atoms with Gasteiger partial charge >= 0.3 is 0 Å². The molecule has 0 amide bonds. The van der Waals surface area contributed by atoms with Crippen LogP contribution in [0.1, 0.15) is 0 Å². The minimum Gasteiger partial charge on any atom is -0.508 e. The number of nitrogen functional groups attached to an aromatic ring is 4. The van der Waals surface area contributed by atoms with Crippen LogP contribution in [0, 0.1) is 0 Å². The molecule has 6 heteroatoms. The maximum Gasteiger partial charge on any atom is 0.117 e. The van der Waals surface area contributed by atoms with Gasteiger partial charge in [0.25, 0.3) is 0 Å². The lowest BCUT2D eigenvalue weighted by atomic mass is 10.3. The molecule has 0 saturated heterocycles. The molecule has 0 atom stereocenters. The minimum atomic E-state index is 0.213. The zero-order valence-corrected chi connectivity index (χ0v) is 13.1. The first kappa shape index (κ1) is 18.5. The van der Waals surface area contributed by atoms with Crippen LogP contribution >= 0.6 is 0 Å². The van der Waals surface area contributed by atoms with Gasteiger partial charge in [0.2, 0.25) is 0 Å². The number of hydrogen-bond donors (Lipinski definition) is 6. The van der Waals surface area contributed by atoms with Crippen molar-refractivity contribution in [3.05, 3.63) is 72.8 Å². The number of anilines is 4. The van der Waals surface area contributed by atoms with Crippen molar-refractivity contribution in [1.82, 2.24) is 0 Å². The summed E-state index contributed by atoms with van der Waals surface area (Å²) in [5.74, 6) is 0.462. The molecule has 0 heterocycles. The second kappa shape index (κ2) is 9.47. The van der Waals surface area contributed by atoms with Gasteiger partial charge in [0.15, 0.2) is 0 Å². The second-order valence-electron chi connectivity index (χ2n) is 4.85. The lowest BCUT2D eigenvalue weighted by molar-refractivity contribution is 0.475. The normalized spacial score (nSPS) is 9.00. The van der Waals surface area contributed by atoms with E-state index in [0.29, 0.717) is 11.4 Å². The topological polar surface area (TPSA) is 145 Å². The zero-order valence-electron chi connectivity index (χ0n) is 13.1. The van der Waals surface area contributed by atoms with Crippen molar-refractivity contribution < 1.29 is 10.2 Å². The molecule has 10 N–H and O–H groups in total. The third kappa shape index (κ3) is 8.04. The van der Waals surface area contributed by atoms with E-state index in [2.05, 4.69) is 0 Å². The number of phenolic OH excluding ortho intramolecular Hbond substituents is 2. The summed E-state index contributed by atoms with van der Waals surface area (Å²) in [7, 11) is 0. The van der Waals surface area contributed by atoms with Crippen LogP contribution in [-0.4, -0.2) is 10.2 Å². The molecule has 0 saturated carbocycles. The molecule has 0 bridgehead atoms. The van der Waals surface area contributed by atoms with Crippen molar-refractivity contribution in [2.75, 3.05) is 22.9 Å².